The molecule has 0 aliphatic rings. The molecule has 440 valence electrons. The second-order valence-corrected chi connectivity index (χ2v) is 22.8. The summed E-state index contributed by atoms with van der Waals surface area (Å²) in [6.07, 6.45) is 83.3. The third kappa shape index (κ3) is 60.9. The zero-order valence-electron chi connectivity index (χ0n) is 50.3. The van der Waals surface area contributed by atoms with E-state index in [2.05, 4.69) is 55.6 Å². The Balaban J connectivity index is 3.39. The number of unbranched alkanes of at least 4 members (excludes halogenated alkanes) is 45. The summed E-state index contributed by atoms with van der Waals surface area (Å²) in [7, 11) is 0. The Morgan fingerprint density at radius 2 is 0.667 bits per heavy atom. The molecule has 0 aromatic heterocycles. The highest BCUT2D eigenvalue weighted by Gasteiger charge is 2.18. The van der Waals surface area contributed by atoms with Crippen molar-refractivity contribution in [3.05, 3.63) is 48.6 Å². The van der Waals surface area contributed by atoms with Gasteiger partial charge in [-0.1, -0.05) is 300 Å². The number of carbonyl (C=O) groups excluding carboxylic acids is 2. The van der Waals surface area contributed by atoms with Crippen LogP contribution in [0.1, 0.15) is 354 Å². The Morgan fingerprint density at radius 1 is 0.373 bits per heavy atom. The number of hydrogen-bond acceptors (Lipinski definition) is 5. The molecule has 0 saturated heterocycles. The van der Waals surface area contributed by atoms with E-state index in [4.69, 9.17) is 4.74 Å². The van der Waals surface area contributed by atoms with Crippen molar-refractivity contribution in [2.45, 2.75) is 366 Å². The average molecular weight is 1050 g/mol. The van der Waals surface area contributed by atoms with Gasteiger partial charge in [-0.15, -0.1) is 0 Å². The zero-order chi connectivity index (χ0) is 54.3. The molecule has 2 unspecified atom stereocenters. The molecule has 0 bridgehead atoms. The molecule has 0 radical (unpaired) electrons. The van der Waals surface area contributed by atoms with Gasteiger partial charge in [-0.25, -0.2) is 0 Å². The van der Waals surface area contributed by atoms with Gasteiger partial charge in [-0.3, -0.25) is 9.59 Å². The lowest BCUT2D eigenvalue weighted by atomic mass is 10.0. The normalized spacial score (nSPS) is 12.9. The third-order valence-electron chi connectivity index (χ3n) is 15.3. The van der Waals surface area contributed by atoms with Gasteiger partial charge in [-0.05, 0) is 89.9 Å². The first-order valence-corrected chi connectivity index (χ1v) is 33.4. The van der Waals surface area contributed by atoms with Crippen LogP contribution < -0.4 is 5.32 Å². The SMILES string of the molecule is CCCCC/C=C\CCCCCCCC(=O)OCCCCCCCCCCC/C=C\C/C=C\CCCCCCCCCCCCCCCCCCCC(=O)NC(CO)C(O)/C=C/CCCCCCCCCCCCC. The average Bonchev–Trinajstić information content (AvgIpc) is 3.41. The minimum atomic E-state index is -0.843. The van der Waals surface area contributed by atoms with E-state index in [0.717, 1.165) is 51.4 Å². The highest BCUT2D eigenvalue weighted by Crippen LogP contribution is 2.17. The second kappa shape index (κ2) is 64.3. The van der Waals surface area contributed by atoms with Gasteiger partial charge in [0, 0.05) is 12.8 Å². The van der Waals surface area contributed by atoms with Crippen LogP contribution in [-0.4, -0.2) is 47.4 Å². The van der Waals surface area contributed by atoms with Gasteiger partial charge in [0.15, 0.2) is 0 Å². The van der Waals surface area contributed by atoms with Crippen LogP contribution in [0, 0.1) is 0 Å². The van der Waals surface area contributed by atoms with Crippen molar-refractivity contribution in [2.75, 3.05) is 13.2 Å². The molecule has 1 amide bonds. The van der Waals surface area contributed by atoms with Crippen LogP contribution in [0.15, 0.2) is 48.6 Å². The number of aliphatic hydroxyl groups excluding tert-OH is 2. The molecule has 75 heavy (non-hydrogen) atoms. The molecule has 0 heterocycles. The van der Waals surface area contributed by atoms with Crippen molar-refractivity contribution in [2.24, 2.45) is 0 Å². The van der Waals surface area contributed by atoms with Crippen LogP contribution >= 0.6 is 0 Å². The maximum absolute atomic E-state index is 12.5. The molecule has 0 fully saturated rings. The van der Waals surface area contributed by atoms with Gasteiger partial charge >= 0.3 is 5.97 Å². The monoisotopic (exact) mass is 1050 g/mol. The van der Waals surface area contributed by atoms with Crippen molar-refractivity contribution in [1.82, 2.24) is 5.32 Å². The van der Waals surface area contributed by atoms with Gasteiger partial charge in [0.25, 0.3) is 0 Å². The summed E-state index contributed by atoms with van der Waals surface area (Å²) in [5, 5.41) is 23.1. The van der Waals surface area contributed by atoms with Crippen LogP contribution in [0.3, 0.4) is 0 Å². The molecule has 6 nitrogen and oxygen atoms in total. The predicted octanol–water partition coefficient (Wildman–Crippen LogP) is 21.3. The molecular weight excluding hydrogens is 923 g/mol. The first kappa shape index (κ1) is 72.8. The van der Waals surface area contributed by atoms with E-state index in [0.29, 0.717) is 19.4 Å². The van der Waals surface area contributed by atoms with Crippen molar-refractivity contribution < 1.29 is 24.5 Å². The molecule has 0 aromatic carbocycles. The van der Waals surface area contributed by atoms with Crippen molar-refractivity contribution in [3.8, 4) is 0 Å². The van der Waals surface area contributed by atoms with E-state index in [-0.39, 0.29) is 18.5 Å². The summed E-state index contributed by atoms with van der Waals surface area (Å²) in [4.78, 5) is 24.5. The van der Waals surface area contributed by atoms with Crippen LogP contribution in [-0.2, 0) is 14.3 Å². The number of rotatable bonds is 62. The molecule has 3 N–H and O–H groups in total. The van der Waals surface area contributed by atoms with E-state index < -0.39 is 12.1 Å². The smallest absolute Gasteiger partial charge is 0.305 e. The maximum atomic E-state index is 12.5. The Kier molecular flexibility index (Phi) is 62.5. The van der Waals surface area contributed by atoms with Gasteiger partial charge in [0.1, 0.15) is 0 Å². The molecule has 0 aliphatic carbocycles. The number of aliphatic hydroxyl groups is 2. The molecule has 0 aliphatic heterocycles. The van der Waals surface area contributed by atoms with Gasteiger partial charge in [-0.2, -0.15) is 0 Å². The fraction of sp³-hybridized carbons (Fsp3) is 0.855. The fourth-order valence-electron chi connectivity index (χ4n) is 10.2. The van der Waals surface area contributed by atoms with Gasteiger partial charge in [0.05, 0.1) is 25.4 Å². The minimum absolute atomic E-state index is 0.00357. The Morgan fingerprint density at radius 3 is 1.05 bits per heavy atom. The molecule has 6 heteroatoms. The van der Waals surface area contributed by atoms with Crippen LogP contribution in [0.2, 0.25) is 0 Å². The molecular formula is C69H129NO5. The van der Waals surface area contributed by atoms with Crippen LogP contribution in [0.5, 0.6) is 0 Å². The highest BCUT2D eigenvalue weighted by atomic mass is 16.5. The number of carbonyl (C=O) groups is 2. The summed E-state index contributed by atoms with van der Waals surface area (Å²) in [5.74, 6) is -0.0620. The van der Waals surface area contributed by atoms with E-state index >= 15 is 0 Å². The Bertz CT molecular complexity index is 1260. The van der Waals surface area contributed by atoms with Crippen molar-refractivity contribution in [3.63, 3.8) is 0 Å². The highest BCUT2D eigenvalue weighted by molar-refractivity contribution is 5.76. The topological polar surface area (TPSA) is 95.9 Å². The second-order valence-electron chi connectivity index (χ2n) is 22.8. The molecule has 0 aromatic rings. The minimum Gasteiger partial charge on any atom is -0.466 e. The van der Waals surface area contributed by atoms with E-state index in [1.165, 1.54) is 276 Å². The Labute approximate surface area is 467 Å². The predicted molar refractivity (Wildman–Crippen MR) is 329 cm³/mol. The summed E-state index contributed by atoms with van der Waals surface area (Å²) in [6, 6.07) is -0.626. The zero-order valence-corrected chi connectivity index (χ0v) is 50.3. The summed E-state index contributed by atoms with van der Waals surface area (Å²) < 4.78 is 5.47. The first-order chi connectivity index (χ1) is 37.0. The number of hydrogen-bond donors (Lipinski definition) is 3. The maximum Gasteiger partial charge on any atom is 0.305 e. The lowest BCUT2D eigenvalue weighted by molar-refractivity contribution is -0.143. The quantitative estimate of drug-likeness (QED) is 0.0320. The number of nitrogens with one attached hydrogen (secondary N) is 1. The molecule has 0 spiro atoms. The lowest BCUT2D eigenvalue weighted by Crippen LogP contribution is -2.45. The summed E-state index contributed by atoms with van der Waals surface area (Å²) >= 11 is 0. The van der Waals surface area contributed by atoms with Crippen LogP contribution in [0.4, 0.5) is 0 Å². The number of esters is 1. The van der Waals surface area contributed by atoms with Gasteiger partial charge in [0.2, 0.25) is 5.91 Å². The largest absolute Gasteiger partial charge is 0.466 e. The number of amides is 1. The standard InChI is InChI=1S/C69H129NO5/c1-3-5-7-9-11-13-15-38-41-45-49-53-57-61-67(72)66(65-71)70-68(73)62-58-54-50-46-42-39-36-34-32-30-28-26-24-22-20-18-17-19-21-23-25-27-29-31-33-35-37-40-44-48-52-56-60-64-75-69(74)63-59-55-51-47-43-16-14-12-10-8-6-4-2/h12,14,21,23,27,29,57,61,66-67,71-72H,3-11,13,15-20,22,24-26,28,30-56,58-60,62-65H2,1-2H3,(H,70,73)/b14-12-,23-21-,29-27-,61-57+. The third-order valence-corrected chi connectivity index (χ3v) is 15.3. The molecule has 0 rings (SSSR count). The molecule has 2 atom stereocenters. The van der Waals surface area contributed by atoms with E-state index in [1.54, 1.807) is 6.08 Å². The summed E-state index contributed by atoms with van der Waals surface area (Å²) in [5.41, 5.74) is 0. The Hall–Kier alpha value is -2.18. The van der Waals surface area contributed by atoms with Crippen molar-refractivity contribution in [1.29, 1.82) is 0 Å². The van der Waals surface area contributed by atoms with E-state index in [9.17, 15) is 19.8 Å². The van der Waals surface area contributed by atoms with Crippen molar-refractivity contribution >= 4 is 11.9 Å². The van der Waals surface area contributed by atoms with Gasteiger partial charge < -0.3 is 20.3 Å². The summed E-state index contributed by atoms with van der Waals surface area (Å²) in [6.45, 7) is 4.88. The lowest BCUT2D eigenvalue weighted by Gasteiger charge is -2.20. The van der Waals surface area contributed by atoms with E-state index in [1.807, 2.05) is 6.08 Å². The fourth-order valence-corrected chi connectivity index (χ4v) is 10.2. The number of ether oxygens (including phenoxy) is 1. The first-order valence-electron chi connectivity index (χ1n) is 33.4. The molecule has 0 saturated carbocycles. The number of allylic oxidation sites excluding steroid dienone is 7. The van der Waals surface area contributed by atoms with Crippen LogP contribution in [0.25, 0.3) is 0 Å².